The molecule has 2 aromatic rings. The van der Waals surface area contributed by atoms with E-state index in [-0.39, 0.29) is 11.7 Å². The monoisotopic (exact) mass is 260 g/mol. The van der Waals surface area contributed by atoms with E-state index < -0.39 is 0 Å². The third-order valence-electron chi connectivity index (χ3n) is 2.69. The van der Waals surface area contributed by atoms with E-state index in [2.05, 4.69) is 10.1 Å². The second kappa shape index (κ2) is 5.34. The first-order valence-corrected chi connectivity index (χ1v) is 5.55. The number of anilines is 2. The molecule has 0 bridgehead atoms. The summed E-state index contributed by atoms with van der Waals surface area (Å²) in [6.45, 7) is 0. The predicted octanol–water partition coefficient (Wildman–Crippen LogP) is 2.08. The number of pyridine rings is 1. The van der Waals surface area contributed by atoms with E-state index >= 15 is 0 Å². The van der Waals surface area contributed by atoms with Gasteiger partial charge in [-0.1, -0.05) is 17.3 Å². The highest BCUT2D eigenvalue weighted by molar-refractivity contribution is 5.97. The average molecular weight is 260 g/mol. The van der Waals surface area contributed by atoms with Gasteiger partial charge in [-0.05, 0) is 24.3 Å². The molecule has 0 atom stereocenters. The second-order valence-corrected chi connectivity index (χ2v) is 3.93. The molecule has 3 N–H and O–H groups in total. The van der Waals surface area contributed by atoms with Gasteiger partial charge in [0.15, 0.2) is 5.84 Å². The topological polar surface area (TPSA) is 74.7 Å². The molecule has 1 heterocycles. The van der Waals surface area contributed by atoms with Crippen LogP contribution in [0.4, 0.5) is 15.9 Å². The van der Waals surface area contributed by atoms with Gasteiger partial charge in [-0.2, -0.15) is 0 Å². The van der Waals surface area contributed by atoms with Gasteiger partial charge in [0.1, 0.15) is 11.6 Å². The lowest BCUT2D eigenvalue weighted by molar-refractivity contribution is 0.318. The van der Waals surface area contributed by atoms with Crippen LogP contribution in [0.2, 0.25) is 0 Å². The molecule has 0 aliphatic carbocycles. The van der Waals surface area contributed by atoms with Crippen molar-refractivity contribution in [3.63, 3.8) is 0 Å². The molecule has 0 spiro atoms. The van der Waals surface area contributed by atoms with Gasteiger partial charge in [0.25, 0.3) is 0 Å². The van der Waals surface area contributed by atoms with E-state index in [1.807, 2.05) is 6.07 Å². The third-order valence-corrected chi connectivity index (χ3v) is 2.69. The fraction of sp³-hybridized carbons (Fsp3) is 0.0769. The molecule has 0 fully saturated rings. The van der Waals surface area contributed by atoms with Crippen LogP contribution in [0.3, 0.4) is 0 Å². The van der Waals surface area contributed by atoms with Gasteiger partial charge in [0.05, 0.1) is 6.20 Å². The summed E-state index contributed by atoms with van der Waals surface area (Å²) >= 11 is 0. The molecular formula is C13H13FN4O. The Hall–Kier alpha value is -2.63. The van der Waals surface area contributed by atoms with Crippen molar-refractivity contribution in [3.8, 4) is 0 Å². The van der Waals surface area contributed by atoms with Crippen LogP contribution in [-0.2, 0) is 0 Å². The lowest BCUT2D eigenvalue weighted by Crippen LogP contribution is -2.15. The highest BCUT2D eigenvalue weighted by atomic mass is 19.1. The Labute approximate surface area is 109 Å². The molecular weight excluding hydrogens is 247 g/mol. The molecule has 0 aliphatic heterocycles. The van der Waals surface area contributed by atoms with E-state index in [1.165, 1.54) is 6.07 Å². The molecule has 2 rings (SSSR count). The number of oxime groups is 1. The maximum Gasteiger partial charge on any atom is 0.170 e. The summed E-state index contributed by atoms with van der Waals surface area (Å²) in [7, 11) is 1.80. The summed E-state index contributed by atoms with van der Waals surface area (Å²) in [5.74, 6) is 0.239. The fourth-order valence-corrected chi connectivity index (χ4v) is 1.63. The largest absolute Gasteiger partial charge is 0.409 e. The normalized spacial score (nSPS) is 11.4. The number of hydrogen-bond acceptors (Lipinski definition) is 4. The lowest BCUT2D eigenvalue weighted by atomic mass is 10.2. The molecule has 0 radical (unpaired) electrons. The summed E-state index contributed by atoms with van der Waals surface area (Å²) in [6.07, 6.45) is 1.15. The van der Waals surface area contributed by atoms with Gasteiger partial charge >= 0.3 is 0 Å². The van der Waals surface area contributed by atoms with E-state index in [4.69, 9.17) is 10.9 Å². The van der Waals surface area contributed by atoms with Gasteiger partial charge < -0.3 is 15.8 Å². The van der Waals surface area contributed by atoms with Crippen molar-refractivity contribution in [2.45, 2.75) is 0 Å². The number of nitrogens with two attached hydrogens (primary N) is 1. The second-order valence-electron chi connectivity index (χ2n) is 3.93. The first kappa shape index (κ1) is 12.8. The summed E-state index contributed by atoms with van der Waals surface area (Å²) in [5, 5.41) is 11.6. The van der Waals surface area contributed by atoms with Gasteiger partial charge in [0.2, 0.25) is 0 Å². The van der Waals surface area contributed by atoms with E-state index in [1.54, 1.807) is 36.2 Å². The Morgan fingerprint density at radius 2 is 2.16 bits per heavy atom. The van der Waals surface area contributed by atoms with Gasteiger partial charge in [-0.25, -0.2) is 9.37 Å². The molecule has 0 unspecified atom stereocenters. The smallest absolute Gasteiger partial charge is 0.170 e. The summed E-state index contributed by atoms with van der Waals surface area (Å²) in [5.41, 5.74) is 6.92. The number of nitrogens with zero attached hydrogens (tertiary/aromatic N) is 3. The molecule has 19 heavy (non-hydrogen) atoms. The minimum atomic E-state index is -0.387. The lowest BCUT2D eigenvalue weighted by Gasteiger charge is -2.18. The number of halogens is 1. The number of rotatable bonds is 3. The van der Waals surface area contributed by atoms with Crippen molar-refractivity contribution in [2.24, 2.45) is 10.9 Å². The van der Waals surface area contributed by atoms with Crippen LogP contribution in [0.25, 0.3) is 0 Å². The number of aromatic nitrogens is 1. The molecule has 98 valence electrons. The van der Waals surface area contributed by atoms with Crippen LogP contribution >= 0.6 is 0 Å². The van der Waals surface area contributed by atoms with Crippen LogP contribution in [0.5, 0.6) is 0 Å². The van der Waals surface area contributed by atoms with Gasteiger partial charge in [-0.15, -0.1) is 0 Å². The number of benzene rings is 1. The molecule has 5 nitrogen and oxygen atoms in total. The van der Waals surface area contributed by atoms with Gasteiger partial charge in [-0.3, -0.25) is 0 Å². The maximum absolute atomic E-state index is 12.8. The van der Waals surface area contributed by atoms with Crippen LogP contribution < -0.4 is 10.6 Å². The van der Waals surface area contributed by atoms with Crippen molar-refractivity contribution < 1.29 is 9.60 Å². The Morgan fingerprint density at radius 3 is 2.79 bits per heavy atom. The standard InChI is InChI=1S/C13H13FN4O/c1-18(12-6-5-10(14)8-16-12)11-4-2-3-9(7-11)13(15)17-19/h2-8,19H,1H3,(H2,15,17). The predicted molar refractivity (Wildman–Crippen MR) is 71.2 cm³/mol. The SMILES string of the molecule is CN(c1cccc(C(N)=NO)c1)c1ccc(F)cn1. The maximum atomic E-state index is 12.8. The van der Waals surface area contributed by atoms with Crippen LogP contribution in [0, 0.1) is 5.82 Å². The van der Waals surface area contributed by atoms with Crippen LogP contribution in [-0.4, -0.2) is 23.1 Å². The molecule has 0 aliphatic rings. The van der Waals surface area contributed by atoms with E-state index in [0.717, 1.165) is 11.9 Å². The minimum Gasteiger partial charge on any atom is -0.409 e. The minimum absolute atomic E-state index is 0.0299. The summed E-state index contributed by atoms with van der Waals surface area (Å²) in [4.78, 5) is 5.76. The molecule has 6 heteroatoms. The Morgan fingerprint density at radius 1 is 1.37 bits per heavy atom. The first-order chi connectivity index (χ1) is 9.11. The summed E-state index contributed by atoms with van der Waals surface area (Å²) < 4.78 is 12.8. The van der Waals surface area contributed by atoms with Crippen LogP contribution in [0.1, 0.15) is 5.56 Å². The summed E-state index contributed by atoms with van der Waals surface area (Å²) in [6, 6.07) is 10.0. The quantitative estimate of drug-likeness (QED) is 0.383. The van der Waals surface area contributed by atoms with Crippen molar-refractivity contribution in [1.29, 1.82) is 0 Å². The van der Waals surface area contributed by atoms with Crippen molar-refractivity contribution in [3.05, 3.63) is 54.0 Å². The van der Waals surface area contributed by atoms with Crippen molar-refractivity contribution in [1.82, 2.24) is 4.98 Å². The molecule has 1 aromatic heterocycles. The zero-order valence-corrected chi connectivity index (χ0v) is 10.3. The zero-order valence-electron chi connectivity index (χ0n) is 10.3. The van der Waals surface area contributed by atoms with E-state index in [0.29, 0.717) is 11.4 Å². The molecule has 0 saturated heterocycles. The molecule has 0 amide bonds. The van der Waals surface area contributed by atoms with E-state index in [9.17, 15) is 4.39 Å². The fourth-order valence-electron chi connectivity index (χ4n) is 1.63. The number of amidine groups is 1. The number of hydrogen-bond donors (Lipinski definition) is 2. The van der Waals surface area contributed by atoms with Gasteiger partial charge in [0, 0.05) is 18.3 Å². The van der Waals surface area contributed by atoms with Crippen molar-refractivity contribution >= 4 is 17.3 Å². The van der Waals surface area contributed by atoms with Crippen LogP contribution in [0.15, 0.2) is 47.8 Å². The molecule has 1 aromatic carbocycles. The average Bonchev–Trinajstić information content (AvgIpc) is 2.46. The highest BCUT2D eigenvalue weighted by Gasteiger charge is 2.07. The third kappa shape index (κ3) is 2.79. The Bertz CT molecular complexity index is 598. The zero-order chi connectivity index (χ0) is 13.8. The molecule has 0 saturated carbocycles. The Balaban J connectivity index is 2.33. The Kier molecular flexibility index (Phi) is 3.61. The van der Waals surface area contributed by atoms with Crippen molar-refractivity contribution in [2.75, 3.05) is 11.9 Å². The first-order valence-electron chi connectivity index (χ1n) is 5.55. The highest BCUT2D eigenvalue weighted by Crippen LogP contribution is 2.22.